The third kappa shape index (κ3) is 3.41. The SMILES string of the molecule is OCc1ccc2c(CSCCN3CCC4=C(Cc5ccccc54)C3)c[nH]c2c1. The minimum absolute atomic E-state index is 0.0953. The van der Waals surface area contributed by atoms with Crippen LogP contribution in [-0.4, -0.2) is 40.4 Å². The lowest BCUT2D eigenvalue weighted by Crippen LogP contribution is -2.32. The molecule has 0 amide bonds. The predicted molar refractivity (Wildman–Crippen MR) is 119 cm³/mol. The normalized spacial score (nSPS) is 16.6. The van der Waals surface area contributed by atoms with Crippen molar-refractivity contribution in [1.82, 2.24) is 9.88 Å². The lowest BCUT2D eigenvalue weighted by Gasteiger charge is -2.28. The molecular weight excluding hydrogens is 364 g/mol. The van der Waals surface area contributed by atoms with Gasteiger partial charge >= 0.3 is 0 Å². The minimum atomic E-state index is 0.0953. The number of fused-ring (bicyclic) bond motifs is 3. The number of aliphatic hydroxyl groups is 1. The van der Waals surface area contributed by atoms with Crippen molar-refractivity contribution < 1.29 is 5.11 Å². The smallest absolute Gasteiger partial charge is 0.0682 e. The Bertz CT molecular complexity index is 1040. The molecule has 1 aromatic heterocycles. The highest BCUT2D eigenvalue weighted by Gasteiger charge is 2.26. The van der Waals surface area contributed by atoms with Crippen LogP contribution >= 0.6 is 11.8 Å². The molecule has 0 saturated carbocycles. The topological polar surface area (TPSA) is 39.3 Å². The average molecular weight is 391 g/mol. The molecule has 0 unspecified atom stereocenters. The van der Waals surface area contributed by atoms with Gasteiger partial charge in [-0.2, -0.15) is 11.8 Å². The van der Waals surface area contributed by atoms with Gasteiger partial charge in [-0.3, -0.25) is 4.90 Å². The van der Waals surface area contributed by atoms with Crippen molar-refractivity contribution in [2.75, 3.05) is 25.4 Å². The summed E-state index contributed by atoms with van der Waals surface area (Å²) in [5.74, 6) is 2.20. The number of rotatable bonds is 6. The molecule has 2 N–H and O–H groups in total. The molecule has 1 aliphatic heterocycles. The van der Waals surface area contributed by atoms with Gasteiger partial charge in [-0.25, -0.2) is 0 Å². The van der Waals surface area contributed by atoms with E-state index < -0.39 is 0 Å². The Hall–Kier alpha value is -2.01. The summed E-state index contributed by atoms with van der Waals surface area (Å²) in [6, 6.07) is 15.1. The van der Waals surface area contributed by atoms with E-state index in [-0.39, 0.29) is 6.61 Å². The highest BCUT2D eigenvalue weighted by atomic mass is 32.2. The quantitative estimate of drug-likeness (QED) is 0.604. The Balaban J connectivity index is 1.14. The number of hydrogen-bond acceptors (Lipinski definition) is 3. The van der Waals surface area contributed by atoms with Gasteiger partial charge in [0, 0.05) is 48.2 Å². The van der Waals surface area contributed by atoms with E-state index in [2.05, 4.69) is 46.4 Å². The van der Waals surface area contributed by atoms with Crippen molar-refractivity contribution >= 4 is 28.2 Å². The summed E-state index contributed by atoms with van der Waals surface area (Å²) in [5, 5.41) is 10.6. The van der Waals surface area contributed by atoms with Gasteiger partial charge in [0.2, 0.25) is 0 Å². The van der Waals surface area contributed by atoms with Gasteiger partial charge < -0.3 is 10.1 Å². The first-order chi connectivity index (χ1) is 13.8. The lowest BCUT2D eigenvalue weighted by atomic mass is 9.99. The van der Waals surface area contributed by atoms with Gasteiger partial charge in [-0.15, -0.1) is 0 Å². The number of aliphatic hydroxyl groups excluding tert-OH is 1. The van der Waals surface area contributed by atoms with E-state index in [1.807, 2.05) is 23.9 Å². The zero-order valence-corrected chi connectivity index (χ0v) is 16.9. The summed E-state index contributed by atoms with van der Waals surface area (Å²) in [6.45, 7) is 3.58. The summed E-state index contributed by atoms with van der Waals surface area (Å²) in [4.78, 5) is 5.97. The van der Waals surface area contributed by atoms with E-state index in [1.165, 1.54) is 35.0 Å². The predicted octanol–water partition coefficient (Wildman–Crippen LogP) is 4.61. The molecule has 2 aromatic carbocycles. The average Bonchev–Trinajstić information content (AvgIpc) is 3.31. The van der Waals surface area contributed by atoms with Crippen LogP contribution in [-0.2, 0) is 18.8 Å². The zero-order chi connectivity index (χ0) is 18.9. The summed E-state index contributed by atoms with van der Waals surface area (Å²) >= 11 is 2.01. The maximum absolute atomic E-state index is 9.28. The molecular formula is C24H26N2OS. The van der Waals surface area contributed by atoms with Crippen LogP contribution in [0.3, 0.4) is 0 Å². The van der Waals surface area contributed by atoms with Gasteiger partial charge in [-0.1, -0.05) is 36.4 Å². The molecule has 4 heteroatoms. The van der Waals surface area contributed by atoms with E-state index in [1.54, 1.807) is 11.1 Å². The molecule has 2 heterocycles. The number of H-pyrrole nitrogens is 1. The van der Waals surface area contributed by atoms with Gasteiger partial charge in [0.1, 0.15) is 0 Å². The van der Waals surface area contributed by atoms with E-state index in [9.17, 15) is 5.11 Å². The number of hydrogen-bond donors (Lipinski definition) is 2. The lowest BCUT2D eigenvalue weighted by molar-refractivity contribution is 0.282. The van der Waals surface area contributed by atoms with Crippen LogP contribution in [0.25, 0.3) is 16.5 Å². The number of thioether (sulfide) groups is 1. The molecule has 0 atom stereocenters. The Morgan fingerprint density at radius 2 is 2.07 bits per heavy atom. The van der Waals surface area contributed by atoms with Crippen molar-refractivity contribution in [2.24, 2.45) is 0 Å². The molecule has 1 aliphatic carbocycles. The second kappa shape index (κ2) is 7.78. The van der Waals surface area contributed by atoms with Crippen molar-refractivity contribution in [3.63, 3.8) is 0 Å². The molecule has 144 valence electrons. The molecule has 3 aromatic rings. The van der Waals surface area contributed by atoms with E-state index >= 15 is 0 Å². The highest BCUT2D eigenvalue weighted by Crippen LogP contribution is 2.37. The van der Waals surface area contributed by atoms with Crippen LogP contribution in [0.5, 0.6) is 0 Å². The van der Waals surface area contributed by atoms with E-state index in [4.69, 9.17) is 0 Å². The number of nitrogens with one attached hydrogen (secondary N) is 1. The van der Waals surface area contributed by atoms with Crippen molar-refractivity contribution in [3.8, 4) is 0 Å². The van der Waals surface area contributed by atoms with Crippen molar-refractivity contribution in [3.05, 3.63) is 76.5 Å². The Morgan fingerprint density at radius 1 is 1.14 bits per heavy atom. The molecule has 0 bridgehead atoms. The summed E-state index contributed by atoms with van der Waals surface area (Å²) in [5.41, 5.74) is 9.75. The highest BCUT2D eigenvalue weighted by molar-refractivity contribution is 7.98. The van der Waals surface area contributed by atoms with Crippen LogP contribution in [0.1, 0.15) is 28.7 Å². The largest absolute Gasteiger partial charge is 0.392 e. The minimum Gasteiger partial charge on any atom is -0.392 e. The van der Waals surface area contributed by atoms with Gasteiger partial charge in [0.25, 0.3) is 0 Å². The fourth-order valence-electron chi connectivity index (χ4n) is 4.60. The number of benzene rings is 2. The van der Waals surface area contributed by atoms with Crippen molar-refractivity contribution in [2.45, 2.75) is 25.2 Å². The zero-order valence-electron chi connectivity index (χ0n) is 16.1. The molecule has 0 saturated heterocycles. The fourth-order valence-corrected chi connectivity index (χ4v) is 5.59. The number of aromatic nitrogens is 1. The Kier molecular flexibility index (Phi) is 5.02. The Labute approximate surface area is 170 Å². The second-order valence-corrected chi connectivity index (χ2v) is 8.95. The second-order valence-electron chi connectivity index (χ2n) is 7.85. The van der Waals surface area contributed by atoms with Gasteiger partial charge in [0.05, 0.1) is 6.61 Å². The monoisotopic (exact) mass is 390 g/mol. The fraction of sp³-hybridized carbons (Fsp3) is 0.333. The standard InChI is InChI=1S/C24H26N2OS/c27-15-17-5-6-23-20(13-25-24(23)11-17)16-28-10-9-26-8-7-22-19(14-26)12-18-3-1-2-4-21(18)22/h1-6,11,13,25,27H,7-10,12,14-16H2. The van der Waals surface area contributed by atoms with Gasteiger partial charge in [-0.05, 0) is 52.3 Å². The maximum Gasteiger partial charge on any atom is 0.0682 e. The molecule has 0 radical (unpaired) electrons. The third-order valence-corrected chi connectivity index (χ3v) is 7.08. The third-order valence-electron chi connectivity index (χ3n) is 6.09. The van der Waals surface area contributed by atoms with Crippen LogP contribution < -0.4 is 0 Å². The van der Waals surface area contributed by atoms with E-state index in [0.29, 0.717) is 0 Å². The van der Waals surface area contributed by atoms with E-state index in [0.717, 1.165) is 42.1 Å². The summed E-state index contributed by atoms with van der Waals surface area (Å²) in [6.07, 6.45) is 4.47. The molecule has 0 spiro atoms. The van der Waals surface area contributed by atoms with Crippen LogP contribution in [0.4, 0.5) is 0 Å². The van der Waals surface area contributed by atoms with Crippen LogP contribution in [0.2, 0.25) is 0 Å². The molecule has 3 nitrogen and oxygen atoms in total. The van der Waals surface area contributed by atoms with Crippen molar-refractivity contribution in [1.29, 1.82) is 0 Å². The number of aromatic amines is 1. The first-order valence-electron chi connectivity index (χ1n) is 10.1. The first-order valence-corrected chi connectivity index (χ1v) is 11.3. The van der Waals surface area contributed by atoms with Crippen LogP contribution in [0, 0.1) is 0 Å². The molecule has 5 rings (SSSR count). The summed E-state index contributed by atoms with van der Waals surface area (Å²) < 4.78 is 0. The maximum atomic E-state index is 9.28. The molecule has 0 fully saturated rings. The molecule has 2 aliphatic rings. The molecule has 28 heavy (non-hydrogen) atoms. The summed E-state index contributed by atoms with van der Waals surface area (Å²) in [7, 11) is 0. The van der Waals surface area contributed by atoms with Gasteiger partial charge in [0.15, 0.2) is 0 Å². The Morgan fingerprint density at radius 3 is 3.00 bits per heavy atom. The number of nitrogens with zero attached hydrogens (tertiary/aromatic N) is 1. The first kappa shape index (κ1) is 18.0. The van der Waals surface area contributed by atoms with Crippen LogP contribution in [0.15, 0.2) is 54.2 Å².